The first-order valence-electron chi connectivity index (χ1n) is 5.23. The molecule has 0 aliphatic carbocycles. The standard InChI is InChI=1S/C10H15ClN4O/c1-10(16)2-4-15(5-3-10)9-7(12)8(11)13-6-14-9/h6,16H,2-5,12H2,1H3. The van der Waals surface area contributed by atoms with Crippen molar-refractivity contribution < 1.29 is 5.11 Å². The van der Waals surface area contributed by atoms with Crippen molar-refractivity contribution in [2.24, 2.45) is 0 Å². The number of piperidine rings is 1. The lowest BCUT2D eigenvalue weighted by molar-refractivity contribution is 0.0350. The molecular formula is C10H15ClN4O. The first kappa shape index (κ1) is 11.4. The van der Waals surface area contributed by atoms with Gasteiger partial charge in [0.25, 0.3) is 0 Å². The third-order valence-electron chi connectivity index (χ3n) is 2.95. The predicted octanol–water partition coefficient (Wildman–Crippen LogP) is 1.06. The highest BCUT2D eigenvalue weighted by Crippen LogP contribution is 2.30. The molecule has 1 aromatic rings. The van der Waals surface area contributed by atoms with Gasteiger partial charge in [0.15, 0.2) is 11.0 Å². The van der Waals surface area contributed by atoms with Gasteiger partial charge in [0.2, 0.25) is 0 Å². The molecule has 3 N–H and O–H groups in total. The number of hydrogen-bond donors (Lipinski definition) is 2. The zero-order chi connectivity index (χ0) is 11.8. The van der Waals surface area contributed by atoms with Crippen LogP contribution in [0, 0.1) is 0 Å². The molecule has 88 valence electrons. The molecule has 1 aliphatic rings. The Labute approximate surface area is 99.3 Å². The van der Waals surface area contributed by atoms with Gasteiger partial charge in [-0.1, -0.05) is 11.6 Å². The minimum atomic E-state index is -0.581. The van der Waals surface area contributed by atoms with Gasteiger partial charge in [0.1, 0.15) is 12.0 Å². The van der Waals surface area contributed by atoms with Gasteiger partial charge in [-0.2, -0.15) is 0 Å². The monoisotopic (exact) mass is 242 g/mol. The van der Waals surface area contributed by atoms with Crippen LogP contribution in [-0.4, -0.2) is 33.8 Å². The Bertz CT molecular complexity index is 386. The van der Waals surface area contributed by atoms with Crippen LogP contribution in [0.1, 0.15) is 19.8 Å². The molecule has 6 heteroatoms. The first-order valence-corrected chi connectivity index (χ1v) is 5.61. The summed E-state index contributed by atoms with van der Waals surface area (Å²) in [6, 6.07) is 0. The molecule has 16 heavy (non-hydrogen) atoms. The number of aromatic nitrogens is 2. The lowest BCUT2D eigenvalue weighted by atomic mass is 9.94. The number of hydrogen-bond acceptors (Lipinski definition) is 5. The minimum absolute atomic E-state index is 0.280. The van der Waals surface area contributed by atoms with Crippen LogP contribution in [0.4, 0.5) is 11.5 Å². The summed E-state index contributed by atoms with van der Waals surface area (Å²) in [6.45, 7) is 3.30. The Morgan fingerprint density at radius 2 is 2.06 bits per heavy atom. The summed E-state index contributed by atoms with van der Waals surface area (Å²) in [7, 11) is 0. The second kappa shape index (κ2) is 4.07. The summed E-state index contributed by atoms with van der Waals surface area (Å²) in [5.41, 5.74) is 5.65. The summed E-state index contributed by atoms with van der Waals surface area (Å²) in [4.78, 5) is 9.98. The minimum Gasteiger partial charge on any atom is -0.393 e. The van der Waals surface area contributed by atoms with E-state index < -0.39 is 5.60 Å². The average molecular weight is 243 g/mol. The van der Waals surface area contributed by atoms with E-state index in [2.05, 4.69) is 9.97 Å². The molecule has 0 radical (unpaired) electrons. The molecule has 0 amide bonds. The van der Waals surface area contributed by atoms with Gasteiger partial charge >= 0.3 is 0 Å². The quantitative estimate of drug-likeness (QED) is 0.721. The third kappa shape index (κ3) is 2.20. The van der Waals surface area contributed by atoms with E-state index in [0.29, 0.717) is 24.3 Å². The summed E-state index contributed by atoms with van der Waals surface area (Å²) in [5, 5.41) is 10.1. The molecule has 0 unspecified atom stereocenters. The van der Waals surface area contributed by atoms with Crippen LogP contribution in [0.25, 0.3) is 0 Å². The predicted molar refractivity (Wildman–Crippen MR) is 63.5 cm³/mol. The summed E-state index contributed by atoms with van der Waals surface area (Å²) >= 11 is 5.84. The smallest absolute Gasteiger partial charge is 0.157 e. The van der Waals surface area contributed by atoms with E-state index in [-0.39, 0.29) is 5.15 Å². The largest absolute Gasteiger partial charge is 0.393 e. The van der Waals surface area contributed by atoms with E-state index in [0.717, 1.165) is 13.1 Å². The number of nitrogen functional groups attached to an aromatic ring is 1. The van der Waals surface area contributed by atoms with E-state index in [4.69, 9.17) is 17.3 Å². The molecule has 0 atom stereocenters. The van der Waals surface area contributed by atoms with Crippen LogP contribution < -0.4 is 10.6 Å². The molecule has 1 aromatic heterocycles. The van der Waals surface area contributed by atoms with Gasteiger partial charge in [-0.15, -0.1) is 0 Å². The number of nitrogens with two attached hydrogens (primary N) is 1. The highest BCUT2D eigenvalue weighted by molar-refractivity contribution is 6.32. The van der Waals surface area contributed by atoms with Crippen molar-refractivity contribution in [3.8, 4) is 0 Å². The Morgan fingerprint density at radius 1 is 1.44 bits per heavy atom. The van der Waals surface area contributed by atoms with Gasteiger partial charge < -0.3 is 15.7 Å². The van der Waals surface area contributed by atoms with Crippen LogP contribution in [0.3, 0.4) is 0 Å². The Kier molecular flexibility index (Phi) is 2.90. The molecule has 5 nitrogen and oxygen atoms in total. The first-order chi connectivity index (χ1) is 7.49. The number of anilines is 2. The molecule has 0 bridgehead atoms. The molecule has 0 aromatic carbocycles. The maximum absolute atomic E-state index is 9.85. The van der Waals surface area contributed by atoms with Crippen LogP contribution in [0.5, 0.6) is 0 Å². The summed E-state index contributed by atoms with van der Waals surface area (Å²) < 4.78 is 0. The van der Waals surface area contributed by atoms with E-state index in [9.17, 15) is 5.11 Å². The van der Waals surface area contributed by atoms with Crippen molar-refractivity contribution in [2.45, 2.75) is 25.4 Å². The van der Waals surface area contributed by atoms with Gasteiger partial charge in [-0.05, 0) is 19.8 Å². The van der Waals surface area contributed by atoms with Crippen molar-refractivity contribution >= 4 is 23.1 Å². The zero-order valence-corrected chi connectivity index (χ0v) is 9.91. The zero-order valence-electron chi connectivity index (χ0n) is 9.15. The van der Waals surface area contributed by atoms with Crippen molar-refractivity contribution in [1.82, 2.24) is 9.97 Å². The summed E-state index contributed by atoms with van der Waals surface area (Å²) in [6.07, 6.45) is 2.81. The van der Waals surface area contributed by atoms with E-state index in [1.165, 1.54) is 6.33 Å². The molecule has 1 saturated heterocycles. The van der Waals surface area contributed by atoms with Crippen molar-refractivity contribution in [3.05, 3.63) is 11.5 Å². The van der Waals surface area contributed by atoms with Crippen LogP contribution >= 0.6 is 11.6 Å². The molecule has 0 saturated carbocycles. The number of nitrogens with zero attached hydrogens (tertiary/aromatic N) is 3. The normalized spacial score (nSPS) is 19.8. The molecule has 2 heterocycles. The SMILES string of the molecule is CC1(O)CCN(c2ncnc(Cl)c2N)CC1. The van der Waals surface area contributed by atoms with Crippen LogP contribution in [0.15, 0.2) is 6.33 Å². The molecular weight excluding hydrogens is 228 g/mol. The van der Waals surface area contributed by atoms with Crippen LogP contribution in [0.2, 0.25) is 5.15 Å². The van der Waals surface area contributed by atoms with E-state index in [1.807, 2.05) is 11.8 Å². The van der Waals surface area contributed by atoms with Crippen molar-refractivity contribution in [2.75, 3.05) is 23.7 Å². The Morgan fingerprint density at radius 3 is 2.69 bits per heavy atom. The van der Waals surface area contributed by atoms with Crippen LogP contribution in [-0.2, 0) is 0 Å². The molecule has 2 rings (SSSR count). The second-order valence-corrected chi connectivity index (χ2v) is 4.74. The number of rotatable bonds is 1. The van der Waals surface area contributed by atoms with Crippen molar-refractivity contribution in [3.63, 3.8) is 0 Å². The average Bonchev–Trinajstić information content (AvgIpc) is 2.23. The fourth-order valence-corrected chi connectivity index (χ4v) is 1.95. The Balaban J connectivity index is 2.17. The lowest BCUT2D eigenvalue weighted by Crippen LogP contribution is -2.43. The number of aliphatic hydroxyl groups is 1. The highest BCUT2D eigenvalue weighted by atomic mass is 35.5. The van der Waals surface area contributed by atoms with Gasteiger partial charge in [-0.3, -0.25) is 0 Å². The van der Waals surface area contributed by atoms with E-state index >= 15 is 0 Å². The maximum Gasteiger partial charge on any atom is 0.157 e. The topological polar surface area (TPSA) is 75.3 Å². The van der Waals surface area contributed by atoms with Crippen molar-refractivity contribution in [1.29, 1.82) is 0 Å². The highest BCUT2D eigenvalue weighted by Gasteiger charge is 2.28. The fraction of sp³-hybridized carbons (Fsp3) is 0.600. The van der Waals surface area contributed by atoms with E-state index in [1.54, 1.807) is 0 Å². The van der Waals surface area contributed by atoms with Gasteiger partial charge in [0.05, 0.1) is 5.60 Å². The second-order valence-electron chi connectivity index (χ2n) is 4.39. The third-order valence-corrected chi connectivity index (χ3v) is 3.26. The lowest BCUT2D eigenvalue weighted by Gasteiger charge is -2.36. The number of halogens is 1. The fourth-order valence-electron chi connectivity index (χ4n) is 1.82. The Hall–Kier alpha value is -1.07. The molecule has 1 aliphatic heterocycles. The van der Waals surface area contributed by atoms with Gasteiger partial charge in [-0.25, -0.2) is 9.97 Å². The molecule has 1 fully saturated rings. The maximum atomic E-state index is 9.85. The van der Waals surface area contributed by atoms with Gasteiger partial charge in [0, 0.05) is 13.1 Å². The molecule has 0 spiro atoms. The summed E-state index contributed by atoms with van der Waals surface area (Å²) in [5.74, 6) is 0.663.